The van der Waals surface area contributed by atoms with Gasteiger partial charge in [0.1, 0.15) is 0 Å². The fraction of sp³-hybridized carbons (Fsp3) is 0.933. The van der Waals surface area contributed by atoms with E-state index in [4.69, 9.17) is 4.74 Å². The van der Waals surface area contributed by atoms with Gasteiger partial charge in [0.2, 0.25) is 0 Å². The van der Waals surface area contributed by atoms with Crippen LogP contribution in [0.3, 0.4) is 0 Å². The summed E-state index contributed by atoms with van der Waals surface area (Å²) in [5, 5.41) is 10.1. The van der Waals surface area contributed by atoms with Crippen molar-refractivity contribution in [2.24, 2.45) is 17.8 Å². The fourth-order valence-electron chi connectivity index (χ4n) is 3.27. The Labute approximate surface area is 124 Å². The van der Waals surface area contributed by atoms with Crippen LogP contribution in [0, 0.1) is 17.8 Å². The van der Waals surface area contributed by atoms with E-state index in [1.165, 1.54) is 0 Å². The van der Waals surface area contributed by atoms with Gasteiger partial charge in [-0.3, -0.25) is 4.79 Å². The number of hydrogen-bond donors (Lipinski definition) is 1. The van der Waals surface area contributed by atoms with Gasteiger partial charge in [-0.05, 0) is 38.5 Å². The van der Waals surface area contributed by atoms with E-state index >= 15 is 0 Å². The van der Waals surface area contributed by atoms with Gasteiger partial charge in [-0.15, -0.1) is 0 Å². The molecule has 3 unspecified atom stereocenters. The van der Waals surface area contributed by atoms with Crippen LogP contribution in [-0.4, -0.2) is 33.5 Å². The number of hydrogen-bond acceptors (Lipinski definition) is 3. The van der Waals surface area contributed by atoms with Crippen molar-refractivity contribution in [2.75, 3.05) is 6.61 Å². The lowest BCUT2D eigenvalue weighted by Gasteiger charge is -2.38. The second kappa shape index (κ2) is 5.12. The molecule has 3 nitrogen and oxygen atoms in total. The molecule has 110 valence electrons. The van der Waals surface area contributed by atoms with Crippen LogP contribution >= 0.6 is 15.9 Å². The van der Waals surface area contributed by atoms with E-state index in [1.54, 1.807) is 0 Å². The minimum absolute atomic E-state index is 0.194. The number of Topliss-reactive ketones (excluding diaryl/α,β-unsaturated/α-hetero) is 1. The highest BCUT2D eigenvalue weighted by molar-refractivity contribution is 9.09. The average Bonchev–Trinajstić information content (AvgIpc) is 3.09. The van der Waals surface area contributed by atoms with Crippen LogP contribution in [-0.2, 0) is 9.53 Å². The molecule has 5 atom stereocenters. The van der Waals surface area contributed by atoms with Crippen molar-refractivity contribution in [3.05, 3.63) is 0 Å². The molecule has 1 aliphatic heterocycles. The molecule has 0 amide bonds. The highest BCUT2D eigenvalue weighted by atomic mass is 79.9. The van der Waals surface area contributed by atoms with Crippen LogP contribution in [0.2, 0.25) is 0 Å². The summed E-state index contributed by atoms with van der Waals surface area (Å²) in [4.78, 5) is 12.4. The number of alkyl halides is 1. The number of carbonyl (C=O) groups excluding carboxylic acids is 1. The third-order valence-corrected chi connectivity index (χ3v) is 6.30. The van der Waals surface area contributed by atoms with E-state index in [-0.39, 0.29) is 17.6 Å². The maximum atomic E-state index is 12.1. The van der Waals surface area contributed by atoms with Crippen molar-refractivity contribution in [3.63, 3.8) is 0 Å². The minimum Gasteiger partial charge on any atom is -0.390 e. The maximum absolute atomic E-state index is 12.1. The first-order chi connectivity index (χ1) is 8.68. The molecule has 2 fully saturated rings. The van der Waals surface area contributed by atoms with Crippen molar-refractivity contribution in [2.45, 2.75) is 63.0 Å². The molecule has 4 heteroatoms. The lowest BCUT2D eigenvalue weighted by atomic mass is 9.70. The first-order valence-electron chi connectivity index (χ1n) is 7.22. The lowest BCUT2D eigenvalue weighted by Crippen LogP contribution is -2.45. The van der Waals surface area contributed by atoms with Gasteiger partial charge >= 0.3 is 0 Å². The van der Waals surface area contributed by atoms with Gasteiger partial charge in [0.25, 0.3) is 0 Å². The van der Waals surface area contributed by atoms with Crippen molar-refractivity contribution in [3.8, 4) is 0 Å². The van der Waals surface area contributed by atoms with E-state index in [0.717, 1.165) is 12.8 Å². The third kappa shape index (κ3) is 2.91. The molecule has 19 heavy (non-hydrogen) atoms. The molecule has 2 aliphatic rings. The molecule has 0 aromatic rings. The van der Waals surface area contributed by atoms with Crippen molar-refractivity contribution >= 4 is 21.7 Å². The monoisotopic (exact) mass is 332 g/mol. The zero-order valence-corrected chi connectivity index (χ0v) is 13.9. The van der Waals surface area contributed by atoms with Gasteiger partial charge in [-0.2, -0.15) is 0 Å². The molecule has 1 heterocycles. The predicted octanol–water partition coefficient (Wildman–Crippen LogP) is 2.93. The summed E-state index contributed by atoms with van der Waals surface area (Å²) in [5.74, 6) is 1.07. The van der Waals surface area contributed by atoms with Crippen molar-refractivity contribution < 1.29 is 14.6 Å². The van der Waals surface area contributed by atoms with Crippen LogP contribution < -0.4 is 0 Å². The number of ketones is 1. The summed E-state index contributed by atoms with van der Waals surface area (Å²) in [5.41, 5.74) is -1.18. The summed E-state index contributed by atoms with van der Waals surface area (Å²) < 4.78 is 5.56. The highest BCUT2D eigenvalue weighted by Crippen LogP contribution is 2.49. The van der Waals surface area contributed by atoms with Gasteiger partial charge in [-0.1, -0.05) is 29.8 Å². The van der Waals surface area contributed by atoms with Gasteiger partial charge < -0.3 is 9.84 Å². The first kappa shape index (κ1) is 15.5. The highest BCUT2D eigenvalue weighted by Gasteiger charge is 2.61. The molecule has 0 aromatic heterocycles. The number of ether oxygens (including phenoxy) is 1. The van der Waals surface area contributed by atoms with Crippen LogP contribution in [0.15, 0.2) is 0 Å². The number of halogens is 1. The van der Waals surface area contributed by atoms with E-state index < -0.39 is 11.2 Å². The molecule has 1 N–H and O–H groups in total. The Bertz CT molecular complexity index is 357. The van der Waals surface area contributed by atoms with Gasteiger partial charge in [-0.25, -0.2) is 0 Å². The quantitative estimate of drug-likeness (QED) is 0.636. The Morgan fingerprint density at radius 1 is 1.53 bits per heavy atom. The van der Waals surface area contributed by atoms with E-state index in [9.17, 15) is 9.90 Å². The van der Waals surface area contributed by atoms with E-state index in [1.807, 2.05) is 13.8 Å². The van der Waals surface area contributed by atoms with Crippen molar-refractivity contribution in [1.82, 2.24) is 0 Å². The molecular formula is C15H25BrO3. The van der Waals surface area contributed by atoms with Crippen LogP contribution in [0.5, 0.6) is 0 Å². The largest absolute Gasteiger partial charge is 0.390 e. The minimum atomic E-state index is -0.683. The molecule has 2 rings (SSSR count). The van der Waals surface area contributed by atoms with Gasteiger partial charge in [0.15, 0.2) is 11.4 Å². The predicted molar refractivity (Wildman–Crippen MR) is 78.4 cm³/mol. The van der Waals surface area contributed by atoms with E-state index in [2.05, 4.69) is 29.8 Å². The lowest BCUT2D eigenvalue weighted by molar-refractivity contribution is -0.128. The molecule has 1 spiro atoms. The van der Waals surface area contributed by atoms with Crippen LogP contribution in [0.4, 0.5) is 0 Å². The summed E-state index contributed by atoms with van der Waals surface area (Å²) in [6.45, 7) is 8.54. The SMILES string of the molecule is CC(CC1C(Br)CCC(=O)[C@@]12CO2)[C@H](C)C(C)(C)O. The number of aliphatic hydroxyl groups is 1. The Hall–Kier alpha value is 0.0700. The number of rotatable bonds is 4. The number of carbonyl (C=O) groups is 1. The van der Waals surface area contributed by atoms with Crippen LogP contribution in [0.25, 0.3) is 0 Å². The fourth-order valence-corrected chi connectivity index (χ4v) is 4.14. The Morgan fingerprint density at radius 3 is 2.58 bits per heavy atom. The summed E-state index contributed by atoms with van der Waals surface area (Å²) in [7, 11) is 0. The second-order valence-electron chi connectivity index (χ2n) is 6.92. The van der Waals surface area contributed by atoms with Crippen molar-refractivity contribution in [1.29, 1.82) is 0 Å². The topological polar surface area (TPSA) is 49.8 Å². The molecule has 0 aromatic carbocycles. The smallest absolute Gasteiger partial charge is 0.167 e. The van der Waals surface area contributed by atoms with Gasteiger partial charge in [0, 0.05) is 17.2 Å². The van der Waals surface area contributed by atoms with Gasteiger partial charge in [0.05, 0.1) is 12.2 Å². The Morgan fingerprint density at radius 2 is 2.11 bits per heavy atom. The van der Waals surface area contributed by atoms with E-state index in [0.29, 0.717) is 23.8 Å². The summed E-state index contributed by atoms with van der Waals surface area (Å²) in [6.07, 6.45) is 2.45. The molecule has 1 saturated carbocycles. The van der Waals surface area contributed by atoms with Crippen LogP contribution in [0.1, 0.15) is 47.0 Å². The maximum Gasteiger partial charge on any atom is 0.167 e. The summed E-state index contributed by atoms with van der Waals surface area (Å²) in [6, 6.07) is 0. The Balaban J connectivity index is 2.07. The standard InChI is InChI=1S/C15H25BrO3/c1-9(10(2)14(3,4)18)7-11-12(16)5-6-13(17)15(11)8-19-15/h9-12,18H,5-8H2,1-4H3/t9?,10-,11?,12?,15+/m0/s1. The zero-order valence-electron chi connectivity index (χ0n) is 12.3. The first-order valence-corrected chi connectivity index (χ1v) is 8.13. The molecular weight excluding hydrogens is 308 g/mol. The third-order valence-electron chi connectivity index (χ3n) is 5.20. The number of epoxide rings is 1. The second-order valence-corrected chi connectivity index (χ2v) is 8.09. The molecule has 0 radical (unpaired) electrons. The normalized spacial score (nSPS) is 38.3. The molecule has 1 saturated heterocycles. The zero-order chi connectivity index (χ0) is 14.4. The molecule has 0 bridgehead atoms. The Kier molecular flexibility index (Phi) is 4.17. The summed E-state index contributed by atoms with van der Waals surface area (Å²) >= 11 is 3.73. The average molecular weight is 333 g/mol. The molecule has 1 aliphatic carbocycles.